The third kappa shape index (κ3) is 4.35. The Hall–Kier alpha value is -2.73. The van der Waals surface area contributed by atoms with Crippen molar-refractivity contribution in [2.24, 2.45) is 0 Å². The summed E-state index contributed by atoms with van der Waals surface area (Å²) in [5.41, 5.74) is 3.56. The number of benzene rings is 3. The first kappa shape index (κ1) is 21.5. The Labute approximate surface area is 194 Å². The number of thioether (sulfide) groups is 1. The molecule has 0 radical (unpaired) electrons. The van der Waals surface area contributed by atoms with Crippen LogP contribution in [0.2, 0.25) is 10.0 Å². The zero-order valence-corrected chi connectivity index (χ0v) is 19.1. The van der Waals surface area contributed by atoms with Crippen LogP contribution in [0.25, 0.3) is 0 Å². The highest BCUT2D eigenvalue weighted by Crippen LogP contribution is 2.39. The molecular weight excluding hydrogens is 451 g/mol. The fraction of sp³-hybridized carbons (Fsp3) is 0.0833. The van der Waals surface area contributed by atoms with Crippen LogP contribution in [0.5, 0.6) is 0 Å². The van der Waals surface area contributed by atoms with Crippen LogP contribution in [0.1, 0.15) is 11.1 Å². The molecule has 1 heterocycles. The van der Waals surface area contributed by atoms with Gasteiger partial charge < -0.3 is 5.32 Å². The second-order valence-electron chi connectivity index (χ2n) is 7.09. The van der Waals surface area contributed by atoms with Crippen molar-refractivity contribution in [3.05, 3.63) is 98.5 Å². The van der Waals surface area contributed by atoms with Gasteiger partial charge in [0.25, 0.3) is 11.8 Å². The Bertz CT molecular complexity index is 1230. The van der Waals surface area contributed by atoms with E-state index in [1.807, 2.05) is 62.4 Å². The average Bonchev–Trinajstić information content (AvgIpc) is 2.97. The van der Waals surface area contributed by atoms with Crippen LogP contribution in [-0.4, -0.2) is 11.8 Å². The van der Waals surface area contributed by atoms with Gasteiger partial charge in [0.2, 0.25) is 0 Å². The lowest BCUT2D eigenvalue weighted by molar-refractivity contribution is -0.120. The van der Waals surface area contributed by atoms with Gasteiger partial charge >= 0.3 is 0 Å². The summed E-state index contributed by atoms with van der Waals surface area (Å²) in [6.45, 7) is 4.02. The normalized spacial score (nSPS) is 13.9. The van der Waals surface area contributed by atoms with Crippen LogP contribution in [0.15, 0.2) is 82.2 Å². The summed E-state index contributed by atoms with van der Waals surface area (Å²) in [6, 6.07) is 20.0. The molecule has 4 rings (SSSR count). The molecule has 1 N–H and O–H groups in total. The van der Waals surface area contributed by atoms with E-state index in [0.29, 0.717) is 15.6 Å². The third-order valence-corrected chi connectivity index (χ3v) is 6.77. The van der Waals surface area contributed by atoms with Crippen molar-refractivity contribution in [3.63, 3.8) is 0 Å². The van der Waals surface area contributed by atoms with Gasteiger partial charge in [0.15, 0.2) is 0 Å². The maximum atomic E-state index is 13.4. The molecule has 3 aromatic carbocycles. The number of amides is 2. The lowest BCUT2D eigenvalue weighted by Crippen LogP contribution is -2.32. The Morgan fingerprint density at radius 1 is 0.806 bits per heavy atom. The number of hydrogen-bond acceptors (Lipinski definition) is 4. The highest BCUT2D eigenvalue weighted by Gasteiger charge is 2.40. The largest absolute Gasteiger partial charge is 0.350 e. The van der Waals surface area contributed by atoms with Crippen LogP contribution < -0.4 is 10.2 Å². The van der Waals surface area contributed by atoms with E-state index in [1.54, 1.807) is 12.1 Å². The minimum absolute atomic E-state index is 0.230. The molecule has 0 fully saturated rings. The van der Waals surface area contributed by atoms with E-state index in [-0.39, 0.29) is 10.7 Å². The maximum Gasteiger partial charge on any atom is 0.283 e. The number of halogens is 2. The predicted molar refractivity (Wildman–Crippen MR) is 128 cm³/mol. The van der Waals surface area contributed by atoms with Gasteiger partial charge in [-0.2, -0.15) is 0 Å². The molecule has 0 spiro atoms. The Morgan fingerprint density at radius 3 is 2.23 bits per heavy atom. The van der Waals surface area contributed by atoms with E-state index in [9.17, 15) is 9.59 Å². The summed E-state index contributed by atoms with van der Waals surface area (Å²) in [7, 11) is 0. The van der Waals surface area contributed by atoms with Gasteiger partial charge in [-0.25, -0.2) is 4.90 Å². The lowest BCUT2D eigenvalue weighted by Gasteiger charge is -2.16. The number of carbonyl (C=O) groups is 2. The standard InChI is InChI=1S/C24H18Cl2N2O2S/c1-14-8-9-16(12-15(14)2)27-21-22(31-18-6-4-3-5-7-18)24(30)28(23(21)29)17-10-11-19(25)20(26)13-17/h3-13,27H,1-2H3. The quantitative estimate of drug-likeness (QED) is 0.428. The second-order valence-corrected chi connectivity index (χ2v) is 8.99. The van der Waals surface area contributed by atoms with Crippen LogP contribution in [0, 0.1) is 13.8 Å². The molecule has 3 aromatic rings. The van der Waals surface area contributed by atoms with Gasteiger partial charge in [0, 0.05) is 10.6 Å². The number of rotatable bonds is 5. The van der Waals surface area contributed by atoms with Crippen LogP contribution in [-0.2, 0) is 9.59 Å². The van der Waals surface area contributed by atoms with Gasteiger partial charge in [-0.05, 0) is 67.4 Å². The van der Waals surface area contributed by atoms with Gasteiger partial charge in [-0.3, -0.25) is 9.59 Å². The molecule has 1 aliphatic heterocycles. The predicted octanol–water partition coefficient (Wildman–Crippen LogP) is 6.60. The summed E-state index contributed by atoms with van der Waals surface area (Å²) in [6.07, 6.45) is 0. The fourth-order valence-corrected chi connectivity index (χ4v) is 4.38. The molecule has 7 heteroatoms. The van der Waals surface area contributed by atoms with E-state index in [4.69, 9.17) is 23.2 Å². The molecular formula is C24H18Cl2N2O2S. The molecule has 0 aromatic heterocycles. The topological polar surface area (TPSA) is 49.4 Å². The summed E-state index contributed by atoms with van der Waals surface area (Å²) in [5.74, 6) is -0.858. The number of anilines is 2. The van der Waals surface area contributed by atoms with Crippen molar-refractivity contribution in [2.45, 2.75) is 18.7 Å². The van der Waals surface area contributed by atoms with E-state index in [1.165, 1.54) is 17.8 Å². The highest BCUT2D eigenvalue weighted by atomic mass is 35.5. The smallest absolute Gasteiger partial charge is 0.283 e. The van der Waals surface area contributed by atoms with Gasteiger partial charge in [0.05, 0.1) is 15.7 Å². The SMILES string of the molecule is Cc1ccc(NC2=C(Sc3ccccc3)C(=O)N(c3ccc(Cl)c(Cl)c3)C2=O)cc1C. The molecule has 0 saturated carbocycles. The first-order valence-electron chi connectivity index (χ1n) is 9.50. The van der Waals surface area contributed by atoms with Gasteiger partial charge in [0.1, 0.15) is 10.6 Å². The van der Waals surface area contributed by atoms with E-state index in [0.717, 1.165) is 26.6 Å². The van der Waals surface area contributed by atoms with Gasteiger partial charge in [-0.1, -0.05) is 59.2 Å². The van der Waals surface area contributed by atoms with Crippen molar-refractivity contribution in [1.82, 2.24) is 0 Å². The number of carbonyl (C=O) groups excluding carboxylic acids is 2. The number of hydrogen-bond donors (Lipinski definition) is 1. The zero-order chi connectivity index (χ0) is 22.1. The molecule has 31 heavy (non-hydrogen) atoms. The third-order valence-electron chi connectivity index (χ3n) is 4.94. The zero-order valence-electron chi connectivity index (χ0n) is 16.8. The number of imide groups is 1. The van der Waals surface area contributed by atoms with Crippen LogP contribution in [0.3, 0.4) is 0 Å². The lowest BCUT2D eigenvalue weighted by atomic mass is 10.1. The molecule has 0 atom stereocenters. The number of nitrogens with one attached hydrogen (secondary N) is 1. The molecule has 4 nitrogen and oxygen atoms in total. The highest BCUT2D eigenvalue weighted by molar-refractivity contribution is 8.04. The minimum atomic E-state index is -0.444. The summed E-state index contributed by atoms with van der Waals surface area (Å²) >= 11 is 13.4. The van der Waals surface area contributed by atoms with Crippen LogP contribution >= 0.6 is 35.0 Å². The first-order valence-corrected chi connectivity index (χ1v) is 11.1. The molecule has 1 aliphatic rings. The fourth-order valence-electron chi connectivity index (χ4n) is 3.14. The first-order chi connectivity index (χ1) is 14.8. The molecule has 0 saturated heterocycles. The Kier molecular flexibility index (Phi) is 6.10. The molecule has 2 amide bonds. The number of nitrogens with zero attached hydrogens (tertiary/aromatic N) is 1. The Morgan fingerprint density at radius 2 is 1.55 bits per heavy atom. The summed E-state index contributed by atoms with van der Waals surface area (Å²) in [4.78, 5) is 29.0. The second kappa shape index (κ2) is 8.79. The van der Waals surface area contributed by atoms with Crippen molar-refractivity contribution >= 4 is 58.2 Å². The number of aryl methyl sites for hydroxylation is 2. The monoisotopic (exact) mass is 468 g/mol. The summed E-state index contributed by atoms with van der Waals surface area (Å²) in [5, 5.41) is 3.80. The van der Waals surface area contributed by atoms with Crippen molar-refractivity contribution < 1.29 is 9.59 Å². The van der Waals surface area contributed by atoms with E-state index >= 15 is 0 Å². The average molecular weight is 469 g/mol. The summed E-state index contributed by atoms with van der Waals surface area (Å²) < 4.78 is 0. The maximum absolute atomic E-state index is 13.4. The van der Waals surface area contributed by atoms with Crippen molar-refractivity contribution in [1.29, 1.82) is 0 Å². The van der Waals surface area contributed by atoms with Crippen molar-refractivity contribution in [3.8, 4) is 0 Å². The molecule has 0 aliphatic carbocycles. The van der Waals surface area contributed by atoms with Crippen LogP contribution in [0.4, 0.5) is 11.4 Å². The minimum Gasteiger partial charge on any atom is -0.350 e. The van der Waals surface area contributed by atoms with E-state index in [2.05, 4.69) is 5.32 Å². The Balaban J connectivity index is 1.76. The van der Waals surface area contributed by atoms with Gasteiger partial charge in [-0.15, -0.1) is 0 Å². The molecule has 0 bridgehead atoms. The van der Waals surface area contributed by atoms with Crippen molar-refractivity contribution in [2.75, 3.05) is 10.2 Å². The molecule has 156 valence electrons. The molecule has 0 unspecified atom stereocenters. The van der Waals surface area contributed by atoms with E-state index < -0.39 is 11.8 Å².